The van der Waals surface area contributed by atoms with Gasteiger partial charge in [0.25, 0.3) is 0 Å². The van der Waals surface area contributed by atoms with Crippen molar-refractivity contribution < 1.29 is 4.79 Å². The Labute approximate surface area is 117 Å². The van der Waals surface area contributed by atoms with E-state index in [9.17, 15) is 4.79 Å². The highest BCUT2D eigenvalue weighted by Gasteiger charge is 2.25. The summed E-state index contributed by atoms with van der Waals surface area (Å²) in [5.74, 6) is 2.12. The standard InChI is InChI=1S/C16H30N2O/c1-12-6-3-4-8-15(12)18-16(19)10-13(2)14-7-5-9-17-11-14/h12-15,17H,3-11H2,1-2H3,(H,18,19). The highest BCUT2D eigenvalue weighted by molar-refractivity contribution is 5.76. The van der Waals surface area contributed by atoms with Crippen LogP contribution in [0.4, 0.5) is 0 Å². The zero-order valence-electron chi connectivity index (χ0n) is 12.6. The Morgan fingerprint density at radius 2 is 2.05 bits per heavy atom. The number of carbonyl (C=O) groups is 1. The molecule has 2 N–H and O–H groups in total. The molecule has 110 valence electrons. The molecular weight excluding hydrogens is 236 g/mol. The van der Waals surface area contributed by atoms with E-state index in [-0.39, 0.29) is 5.91 Å². The van der Waals surface area contributed by atoms with Crippen LogP contribution in [0.3, 0.4) is 0 Å². The Kier molecular flexibility index (Phi) is 5.68. The maximum atomic E-state index is 12.2. The molecule has 0 aromatic heterocycles. The maximum absolute atomic E-state index is 12.2. The first kappa shape index (κ1) is 14.8. The summed E-state index contributed by atoms with van der Waals surface area (Å²) in [5, 5.41) is 6.72. The van der Waals surface area contributed by atoms with Crippen molar-refractivity contribution in [2.45, 2.75) is 64.8 Å². The van der Waals surface area contributed by atoms with Crippen molar-refractivity contribution >= 4 is 5.91 Å². The van der Waals surface area contributed by atoms with E-state index in [0.717, 1.165) is 13.1 Å². The molecule has 0 aromatic carbocycles. The summed E-state index contributed by atoms with van der Waals surface area (Å²) >= 11 is 0. The van der Waals surface area contributed by atoms with Crippen molar-refractivity contribution in [3.63, 3.8) is 0 Å². The number of rotatable bonds is 4. The average molecular weight is 266 g/mol. The van der Waals surface area contributed by atoms with Gasteiger partial charge in [-0.25, -0.2) is 0 Å². The number of piperidine rings is 1. The lowest BCUT2D eigenvalue weighted by molar-refractivity contribution is -0.123. The summed E-state index contributed by atoms with van der Waals surface area (Å²) in [5.41, 5.74) is 0. The van der Waals surface area contributed by atoms with Gasteiger partial charge in [-0.2, -0.15) is 0 Å². The van der Waals surface area contributed by atoms with E-state index in [1.54, 1.807) is 0 Å². The predicted molar refractivity (Wildman–Crippen MR) is 78.9 cm³/mol. The topological polar surface area (TPSA) is 41.1 Å². The number of nitrogens with one attached hydrogen (secondary N) is 2. The first-order chi connectivity index (χ1) is 9.16. The SMILES string of the molecule is CC(CC(=O)NC1CCCCC1C)C1CCCNC1. The molecule has 0 aromatic rings. The minimum absolute atomic E-state index is 0.275. The highest BCUT2D eigenvalue weighted by atomic mass is 16.1. The van der Waals surface area contributed by atoms with Gasteiger partial charge in [0.05, 0.1) is 0 Å². The van der Waals surface area contributed by atoms with Crippen LogP contribution in [0.15, 0.2) is 0 Å². The van der Waals surface area contributed by atoms with Crippen molar-refractivity contribution in [1.29, 1.82) is 0 Å². The summed E-state index contributed by atoms with van der Waals surface area (Å²) in [6.07, 6.45) is 8.29. The van der Waals surface area contributed by atoms with Crippen LogP contribution in [0, 0.1) is 17.8 Å². The van der Waals surface area contributed by atoms with Gasteiger partial charge >= 0.3 is 0 Å². The van der Waals surface area contributed by atoms with Gasteiger partial charge in [0, 0.05) is 12.5 Å². The molecule has 0 bridgehead atoms. The molecule has 3 nitrogen and oxygen atoms in total. The fraction of sp³-hybridized carbons (Fsp3) is 0.938. The van der Waals surface area contributed by atoms with Crippen LogP contribution in [0.25, 0.3) is 0 Å². The Morgan fingerprint density at radius 3 is 2.74 bits per heavy atom. The highest BCUT2D eigenvalue weighted by Crippen LogP contribution is 2.25. The van der Waals surface area contributed by atoms with Gasteiger partial charge in [0.2, 0.25) is 5.91 Å². The van der Waals surface area contributed by atoms with E-state index in [2.05, 4.69) is 24.5 Å². The van der Waals surface area contributed by atoms with Gasteiger partial charge in [-0.1, -0.05) is 26.7 Å². The van der Waals surface area contributed by atoms with E-state index >= 15 is 0 Å². The van der Waals surface area contributed by atoms with Gasteiger partial charge in [-0.15, -0.1) is 0 Å². The summed E-state index contributed by atoms with van der Waals surface area (Å²) in [4.78, 5) is 12.2. The maximum Gasteiger partial charge on any atom is 0.220 e. The Hall–Kier alpha value is -0.570. The normalized spacial score (nSPS) is 33.7. The van der Waals surface area contributed by atoms with Gasteiger partial charge in [-0.3, -0.25) is 4.79 Å². The van der Waals surface area contributed by atoms with E-state index < -0.39 is 0 Å². The van der Waals surface area contributed by atoms with E-state index in [4.69, 9.17) is 0 Å². The Balaban J connectivity index is 1.73. The lowest BCUT2D eigenvalue weighted by Gasteiger charge is -2.31. The second-order valence-electron chi connectivity index (χ2n) is 6.72. The molecule has 1 aliphatic heterocycles. The van der Waals surface area contributed by atoms with Crippen LogP contribution in [-0.2, 0) is 4.79 Å². The largest absolute Gasteiger partial charge is 0.353 e. The first-order valence-electron chi connectivity index (χ1n) is 8.17. The molecule has 0 spiro atoms. The molecule has 4 unspecified atom stereocenters. The number of hydrogen-bond acceptors (Lipinski definition) is 2. The van der Waals surface area contributed by atoms with E-state index in [1.165, 1.54) is 38.5 Å². The Morgan fingerprint density at radius 1 is 1.26 bits per heavy atom. The molecule has 0 radical (unpaired) electrons. The van der Waals surface area contributed by atoms with Crippen LogP contribution in [0.5, 0.6) is 0 Å². The van der Waals surface area contributed by atoms with Crippen molar-refractivity contribution in [3.8, 4) is 0 Å². The third-order valence-corrected chi connectivity index (χ3v) is 5.10. The number of hydrogen-bond donors (Lipinski definition) is 2. The molecule has 1 heterocycles. The smallest absolute Gasteiger partial charge is 0.220 e. The van der Waals surface area contributed by atoms with Crippen LogP contribution in [0.1, 0.15) is 58.8 Å². The van der Waals surface area contributed by atoms with Crippen LogP contribution < -0.4 is 10.6 Å². The molecule has 1 saturated heterocycles. The summed E-state index contributed by atoms with van der Waals surface area (Å²) in [6, 6.07) is 0.429. The Bertz CT molecular complexity index is 286. The number of amides is 1. The van der Waals surface area contributed by atoms with Gasteiger partial charge in [0.1, 0.15) is 0 Å². The molecule has 3 heteroatoms. The molecule has 1 amide bonds. The third kappa shape index (κ3) is 4.48. The minimum Gasteiger partial charge on any atom is -0.353 e. The molecule has 4 atom stereocenters. The van der Waals surface area contributed by atoms with Crippen LogP contribution in [0.2, 0.25) is 0 Å². The lowest BCUT2D eigenvalue weighted by atomic mass is 9.84. The van der Waals surface area contributed by atoms with Gasteiger partial charge in [0.15, 0.2) is 0 Å². The lowest BCUT2D eigenvalue weighted by Crippen LogP contribution is -2.42. The fourth-order valence-corrected chi connectivity index (χ4v) is 3.62. The molecular formula is C16H30N2O. The molecule has 2 rings (SSSR count). The van der Waals surface area contributed by atoms with E-state index in [1.807, 2.05) is 0 Å². The summed E-state index contributed by atoms with van der Waals surface area (Å²) in [7, 11) is 0. The fourth-order valence-electron chi connectivity index (χ4n) is 3.62. The zero-order valence-corrected chi connectivity index (χ0v) is 12.6. The van der Waals surface area contributed by atoms with Gasteiger partial charge in [-0.05, 0) is 56.5 Å². The zero-order chi connectivity index (χ0) is 13.7. The second kappa shape index (κ2) is 7.28. The van der Waals surface area contributed by atoms with Crippen molar-refractivity contribution in [2.24, 2.45) is 17.8 Å². The minimum atomic E-state index is 0.275. The molecule has 2 aliphatic rings. The molecule has 19 heavy (non-hydrogen) atoms. The monoisotopic (exact) mass is 266 g/mol. The summed E-state index contributed by atoms with van der Waals surface area (Å²) in [6.45, 7) is 6.75. The van der Waals surface area contributed by atoms with Crippen molar-refractivity contribution in [2.75, 3.05) is 13.1 Å². The first-order valence-corrected chi connectivity index (χ1v) is 8.17. The quantitative estimate of drug-likeness (QED) is 0.821. The molecule has 1 saturated carbocycles. The summed E-state index contributed by atoms with van der Waals surface area (Å²) < 4.78 is 0. The van der Waals surface area contributed by atoms with Crippen LogP contribution >= 0.6 is 0 Å². The van der Waals surface area contributed by atoms with Crippen molar-refractivity contribution in [3.05, 3.63) is 0 Å². The molecule has 2 fully saturated rings. The van der Waals surface area contributed by atoms with Crippen molar-refractivity contribution in [1.82, 2.24) is 10.6 Å². The average Bonchev–Trinajstić information content (AvgIpc) is 2.42. The predicted octanol–water partition coefficient (Wildman–Crippen LogP) is 2.71. The van der Waals surface area contributed by atoms with E-state index in [0.29, 0.717) is 30.2 Å². The van der Waals surface area contributed by atoms with Gasteiger partial charge < -0.3 is 10.6 Å². The third-order valence-electron chi connectivity index (χ3n) is 5.10. The number of carbonyl (C=O) groups excluding carboxylic acids is 1. The molecule has 1 aliphatic carbocycles. The van der Waals surface area contributed by atoms with Crippen LogP contribution in [-0.4, -0.2) is 25.0 Å². The second-order valence-corrected chi connectivity index (χ2v) is 6.72.